The Labute approximate surface area is 126 Å². The van der Waals surface area contributed by atoms with E-state index in [1.807, 2.05) is 0 Å². The standard InChI is InChI=1S/C17H26N2S/c1-3-15-10-20-16(19-15)18-11(2)17-7-12-4-13(8-17)6-14(5-12)9-17/h10-14H,3-9H2,1-2H3,(H,18,19). The molecule has 3 heteroatoms. The van der Waals surface area contributed by atoms with E-state index in [-0.39, 0.29) is 0 Å². The molecular weight excluding hydrogens is 264 g/mol. The quantitative estimate of drug-likeness (QED) is 0.867. The fourth-order valence-corrected chi connectivity index (χ4v) is 6.46. The van der Waals surface area contributed by atoms with E-state index in [2.05, 4.69) is 24.5 Å². The summed E-state index contributed by atoms with van der Waals surface area (Å²) in [6.07, 6.45) is 10.1. The van der Waals surface area contributed by atoms with Crippen molar-refractivity contribution in [3.63, 3.8) is 0 Å². The second-order valence-electron chi connectivity index (χ2n) is 7.64. The molecular formula is C17H26N2S. The molecule has 1 heterocycles. The lowest BCUT2D eigenvalue weighted by Crippen LogP contribution is -2.52. The third kappa shape index (κ3) is 2.09. The third-order valence-corrected chi connectivity index (χ3v) is 7.08. The molecule has 4 saturated carbocycles. The van der Waals surface area contributed by atoms with Crippen molar-refractivity contribution in [2.75, 3.05) is 5.32 Å². The molecule has 0 aromatic carbocycles. The van der Waals surface area contributed by atoms with Crippen molar-refractivity contribution in [1.29, 1.82) is 0 Å². The van der Waals surface area contributed by atoms with Gasteiger partial charge in [-0.1, -0.05) is 6.92 Å². The molecule has 110 valence electrons. The van der Waals surface area contributed by atoms with E-state index in [4.69, 9.17) is 4.98 Å². The van der Waals surface area contributed by atoms with Gasteiger partial charge >= 0.3 is 0 Å². The van der Waals surface area contributed by atoms with Crippen LogP contribution in [0.15, 0.2) is 5.38 Å². The Hall–Kier alpha value is -0.570. The maximum atomic E-state index is 4.70. The molecule has 1 unspecified atom stereocenters. The molecule has 1 N–H and O–H groups in total. The highest BCUT2D eigenvalue weighted by atomic mass is 32.1. The van der Waals surface area contributed by atoms with E-state index >= 15 is 0 Å². The van der Waals surface area contributed by atoms with E-state index in [9.17, 15) is 0 Å². The van der Waals surface area contributed by atoms with Crippen molar-refractivity contribution < 1.29 is 0 Å². The van der Waals surface area contributed by atoms with Crippen LogP contribution < -0.4 is 5.32 Å². The minimum absolute atomic E-state index is 0.576. The highest BCUT2D eigenvalue weighted by Crippen LogP contribution is 2.61. The Morgan fingerprint density at radius 1 is 1.25 bits per heavy atom. The Kier molecular flexibility index (Phi) is 3.10. The fraction of sp³-hybridized carbons (Fsp3) is 0.824. The van der Waals surface area contributed by atoms with E-state index < -0.39 is 0 Å². The Bertz CT molecular complexity index is 458. The van der Waals surface area contributed by atoms with Gasteiger partial charge in [-0.2, -0.15) is 0 Å². The second-order valence-corrected chi connectivity index (χ2v) is 8.50. The molecule has 0 saturated heterocycles. The van der Waals surface area contributed by atoms with Gasteiger partial charge in [0, 0.05) is 11.4 Å². The highest BCUT2D eigenvalue weighted by Gasteiger charge is 2.53. The topological polar surface area (TPSA) is 24.9 Å². The lowest BCUT2D eigenvalue weighted by atomic mass is 9.48. The monoisotopic (exact) mass is 290 g/mol. The van der Waals surface area contributed by atoms with Gasteiger partial charge in [-0.25, -0.2) is 4.98 Å². The van der Waals surface area contributed by atoms with Crippen LogP contribution in [-0.2, 0) is 6.42 Å². The maximum Gasteiger partial charge on any atom is 0.183 e. The third-order valence-electron chi connectivity index (χ3n) is 6.26. The van der Waals surface area contributed by atoms with Gasteiger partial charge in [0.2, 0.25) is 0 Å². The molecule has 0 radical (unpaired) electrons. The zero-order valence-electron chi connectivity index (χ0n) is 12.7. The minimum atomic E-state index is 0.576. The Balaban J connectivity index is 1.51. The van der Waals surface area contributed by atoms with Crippen LogP contribution >= 0.6 is 11.3 Å². The van der Waals surface area contributed by atoms with Gasteiger partial charge in [0.15, 0.2) is 5.13 Å². The average molecular weight is 290 g/mol. The van der Waals surface area contributed by atoms with Gasteiger partial charge in [0.25, 0.3) is 0 Å². The number of aryl methyl sites for hydroxylation is 1. The van der Waals surface area contributed by atoms with Crippen LogP contribution in [0.2, 0.25) is 0 Å². The predicted molar refractivity (Wildman–Crippen MR) is 85.2 cm³/mol. The minimum Gasteiger partial charge on any atom is -0.359 e. The molecule has 1 aromatic heterocycles. The summed E-state index contributed by atoms with van der Waals surface area (Å²) in [6, 6.07) is 0.590. The van der Waals surface area contributed by atoms with E-state index in [1.54, 1.807) is 11.3 Å². The first-order valence-electron chi connectivity index (χ1n) is 8.38. The van der Waals surface area contributed by atoms with Gasteiger partial charge in [0.05, 0.1) is 5.69 Å². The van der Waals surface area contributed by atoms with Crippen LogP contribution in [0.1, 0.15) is 58.1 Å². The van der Waals surface area contributed by atoms with Crippen LogP contribution in [0.4, 0.5) is 5.13 Å². The fourth-order valence-electron chi connectivity index (χ4n) is 5.58. The number of nitrogens with one attached hydrogen (secondary N) is 1. The Morgan fingerprint density at radius 3 is 2.35 bits per heavy atom. The van der Waals surface area contributed by atoms with Gasteiger partial charge < -0.3 is 5.32 Å². The van der Waals surface area contributed by atoms with E-state index in [0.29, 0.717) is 11.5 Å². The van der Waals surface area contributed by atoms with Gasteiger partial charge in [-0.05, 0) is 75.0 Å². The largest absolute Gasteiger partial charge is 0.359 e. The van der Waals surface area contributed by atoms with Gasteiger partial charge in [-0.3, -0.25) is 0 Å². The number of thiazole rings is 1. The molecule has 0 aliphatic heterocycles. The Morgan fingerprint density at radius 2 is 1.85 bits per heavy atom. The predicted octanol–water partition coefficient (Wildman–Crippen LogP) is 4.72. The maximum absolute atomic E-state index is 4.70. The summed E-state index contributed by atoms with van der Waals surface area (Å²) >= 11 is 1.78. The number of anilines is 1. The zero-order valence-corrected chi connectivity index (χ0v) is 13.5. The smallest absolute Gasteiger partial charge is 0.183 e. The first kappa shape index (κ1) is 13.1. The molecule has 4 fully saturated rings. The van der Waals surface area contributed by atoms with Crippen molar-refractivity contribution in [2.45, 2.75) is 64.8 Å². The normalized spacial score (nSPS) is 40.0. The van der Waals surface area contributed by atoms with Crippen LogP contribution in [0.3, 0.4) is 0 Å². The van der Waals surface area contributed by atoms with E-state index in [1.165, 1.54) is 44.2 Å². The summed E-state index contributed by atoms with van der Waals surface area (Å²) in [4.78, 5) is 4.70. The van der Waals surface area contributed by atoms with Crippen molar-refractivity contribution in [1.82, 2.24) is 4.98 Å². The van der Waals surface area contributed by atoms with Crippen molar-refractivity contribution in [3.8, 4) is 0 Å². The summed E-state index contributed by atoms with van der Waals surface area (Å²) in [5, 5.41) is 7.11. The number of nitrogens with zero attached hydrogens (tertiary/aromatic N) is 1. The molecule has 1 atom stereocenters. The lowest BCUT2D eigenvalue weighted by Gasteiger charge is -2.59. The highest BCUT2D eigenvalue weighted by molar-refractivity contribution is 7.13. The molecule has 2 nitrogen and oxygen atoms in total. The summed E-state index contributed by atoms with van der Waals surface area (Å²) in [5.41, 5.74) is 1.81. The molecule has 4 bridgehead atoms. The molecule has 5 rings (SSSR count). The molecule has 4 aliphatic rings. The van der Waals surface area contributed by atoms with Gasteiger partial charge in [0.1, 0.15) is 0 Å². The van der Waals surface area contributed by atoms with Crippen LogP contribution in [0.25, 0.3) is 0 Å². The van der Waals surface area contributed by atoms with Crippen molar-refractivity contribution in [3.05, 3.63) is 11.1 Å². The van der Waals surface area contributed by atoms with Crippen molar-refractivity contribution in [2.24, 2.45) is 23.2 Å². The summed E-state index contributed by atoms with van der Waals surface area (Å²) in [6.45, 7) is 4.60. The molecule has 0 amide bonds. The first-order valence-corrected chi connectivity index (χ1v) is 9.26. The van der Waals surface area contributed by atoms with Gasteiger partial charge in [-0.15, -0.1) is 11.3 Å². The van der Waals surface area contributed by atoms with E-state index in [0.717, 1.165) is 29.3 Å². The van der Waals surface area contributed by atoms with Crippen molar-refractivity contribution >= 4 is 16.5 Å². The SMILES string of the molecule is CCc1csc(NC(C)C23CC4CC(CC(C4)C2)C3)n1. The molecule has 0 spiro atoms. The van der Waals surface area contributed by atoms with Crippen LogP contribution in [-0.4, -0.2) is 11.0 Å². The molecule has 4 aliphatic carbocycles. The van der Waals surface area contributed by atoms with Crippen LogP contribution in [0, 0.1) is 23.2 Å². The average Bonchev–Trinajstić information content (AvgIpc) is 2.85. The number of hydrogen-bond donors (Lipinski definition) is 1. The second kappa shape index (κ2) is 4.72. The summed E-state index contributed by atoms with van der Waals surface area (Å²) in [7, 11) is 0. The summed E-state index contributed by atoms with van der Waals surface area (Å²) in [5.74, 6) is 3.11. The summed E-state index contributed by atoms with van der Waals surface area (Å²) < 4.78 is 0. The number of rotatable bonds is 4. The van der Waals surface area contributed by atoms with Crippen LogP contribution in [0.5, 0.6) is 0 Å². The first-order chi connectivity index (χ1) is 9.67. The molecule has 1 aromatic rings. The molecule has 20 heavy (non-hydrogen) atoms. The zero-order chi connectivity index (χ0) is 13.7. The lowest BCUT2D eigenvalue weighted by molar-refractivity contribution is -0.0602. The number of aromatic nitrogens is 1. The number of hydrogen-bond acceptors (Lipinski definition) is 3.